The minimum absolute atomic E-state index is 0.0238. The molecular weight excluding hydrogens is 377 g/mol. The Bertz CT molecular complexity index is 938. The fraction of sp³-hybridized carbons (Fsp3) is 0.381. The number of allylic oxidation sites excluding steroid dienone is 2. The third-order valence-corrected chi connectivity index (χ3v) is 5.14. The number of amides is 2. The molecule has 0 saturated carbocycles. The van der Waals surface area contributed by atoms with E-state index in [0.717, 1.165) is 0 Å². The summed E-state index contributed by atoms with van der Waals surface area (Å²) in [5.41, 5.74) is 2.93. The molecular formula is C21H24FN3O4. The second-order valence-electron chi connectivity index (χ2n) is 7.48. The number of nitrogens with one attached hydrogen (secondary N) is 3. The van der Waals surface area contributed by atoms with Gasteiger partial charge in [0.15, 0.2) is 0 Å². The number of aliphatic hydroxyl groups is 1. The highest BCUT2D eigenvalue weighted by molar-refractivity contribution is 6.04. The molecule has 3 unspecified atom stereocenters. The summed E-state index contributed by atoms with van der Waals surface area (Å²) < 4.78 is 13.6. The molecule has 29 heavy (non-hydrogen) atoms. The fourth-order valence-electron chi connectivity index (χ4n) is 3.74. The second kappa shape index (κ2) is 8.16. The largest absolute Gasteiger partial charge is 0.391 e. The van der Waals surface area contributed by atoms with E-state index in [1.165, 1.54) is 25.1 Å². The van der Waals surface area contributed by atoms with Crippen molar-refractivity contribution in [2.45, 2.75) is 39.2 Å². The molecule has 154 valence electrons. The molecule has 0 bridgehead atoms. The van der Waals surface area contributed by atoms with Crippen molar-refractivity contribution in [1.82, 2.24) is 10.6 Å². The summed E-state index contributed by atoms with van der Waals surface area (Å²) in [7, 11) is 0. The third-order valence-electron chi connectivity index (χ3n) is 5.14. The monoisotopic (exact) mass is 401 g/mol. The molecule has 3 atom stereocenters. The number of hydrogen-bond donors (Lipinski definition) is 4. The molecule has 2 amide bonds. The molecule has 0 saturated heterocycles. The van der Waals surface area contributed by atoms with Crippen LogP contribution in [-0.4, -0.2) is 35.4 Å². The topological polar surface area (TPSA) is 108 Å². The molecule has 0 aromatic heterocycles. The lowest BCUT2D eigenvalue weighted by Crippen LogP contribution is -2.35. The highest BCUT2D eigenvalue weighted by atomic mass is 19.1. The molecule has 2 aliphatic rings. The summed E-state index contributed by atoms with van der Waals surface area (Å²) in [6, 6.07) is 4.15. The third kappa shape index (κ3) is 4.37. The lowest BCUT2D eigenvalue weighted by Gasteiger charge is -2.14. The van der Waals surface area contributed by atoms with Crippen molar-refractivity contribution in [3.63, 3.8) is 0 Å². The molecule has 1 aromatic rings. The number of benzene rings is 1. The van der Waals surface area contributed by atoms with E-state index in [-0.39, 0.29) is 36.5 Å². The molecule has 8 heteroatoms. The van der Waals surface area contributed by atoms with Crippen molar-refractivity contribution in [1.29, 1.82) is 0 Å². The molecule has 0 radical (unpaired) electrons. The van der Waals surface area contributed by atoms with Gasteiger partial charge in [-0.15, -0.1) is 0 Å². The van der Waals surface area contributed by atoms with Crippen LogP contribution < -0.4 is 16.0 Å². The predicted molar refractivity (Wildman–Crippen MR) is 105 cm³/mol. The second-order valence-corrected chi connectivity index (χ2v) is 7.48. The minimum Gasteiger partial charge on any atom is -0.391 e. The predicted octanol–water partition coefficient (Wildman–Crippen LogP) is 1.71. The van der Waals surface area contributed by atoms with Gasteiger partial charge >= 0.3 is 0 Å². The van der Waals surface area contributed by atoms with Crippen molar-refractivity contribution in [2.24, 2.45) is 5.92 Å². The number of carbonyl (C=O) groups is 3. The van der Waals surface area contributed by atoms with Crippen molar-refractivity contribution < 1.29 is 23.9 Å². The molecule has 4 N–H and O–H groups in total. The normalized spacial score (nSPS) is 22.9. The van der Waals surface area contributed by atoms with Crippen LogP contribution in [0, 0.1) is 11.7 Å². The summed E-state index contributed by atoms with van der Waals surface area (Å²) in [5, 5.41) is 18.3. The van der Waals surface area contributed by atoms with E-state index in [0.29, 0.717) is 28.2 Å². The van der Waals surface area contributed by atoms with Gasteiger partial charge < -0.3 is 21.1 Å². The molecule has 1 aromatic carbocycles. The Labute approximate surface area is 168 Å². The minimum atomic E-state index is -0.939. The van der Waals surface area contributed by atoms with Gasteiger partial charge in [0.2, 0.25) is 11.8 Å². The van der Waals surface area contributed by atoms with Crippen LogP contribution in [0.5, 0.6) is 0 Å². The maximum atomic E-state index is 13.6. The first-order valence-corrected chi connectivity index (χ1v) is 9.43. The number of anilines is 1. The Morgan fingerprint density at radius 2 is 2.07 bits per heavy atom. The number of halogens is 1. The van der Waals surface area contributed by atoms with Crippen LogP contribution in [0.15, 0.2) is 41.2 Å². The van der Waals surface area contributed by atoms with Gasteiger partial charge in [0.1, 0.15) is 11.6 Å². The van der Waals surface area contributed by atoms with Crippen LogP contribution in [0.2, 0.25) is 0 Å². The average Bonchev–Trinajstić information content (AvgIpc) is 3.08. The van der Waals surface area contributed by atoms with Crippen LogP contribution in [0.4, 0.5) is 10.1 Å². The van der Waals surface area contributed by atoms with Crippen LogP contribution in [-0.2, 0) is 14.4 Å². The summed E-state index contributed by atoms with van der Waals surface area (Å²) in [6.45, 7) is 4.93. The number of carbonyl (C=O) groups excluding carboxylic acids is 3. The van der Waals surface area contributed by atoms with Crippen molar-refractivity contribution in [3.8, 4) is 0 Å². The molecule has 0 fully saturated rings. The van der Waals surface area contributed by atoms with Crippen LogP contribution in [0.25, 0.3) is 0 Å². The number of ketones is 1. The lowest BCUT2D eigenvalue weighted by atomic mass is 9.94. The molecule has 7 nitrogen and oxygen atoms in total. The van der Waals surface area contributed by atoms with E-state index in [1.807, 2.05) is 6.92 Å². The van der Waals surface area contributed by atoms with E-state index in [1.54, 1.807) is 13.0 Å². The van der Waals surface area contributed by atoms with Gasteiger partial charge in [0, 0.05) is 41.5 Å². The Hall–Kier alpha value is -3.00. The average molecular weight is 401 g/mol. The van der Waals surface area contributed by atoms with E-state index in [4.69, 9.17) is 0 Å². The summed E-state index contributed by atoms with van der Waals surface area (Å²) in [5.74, 6) is -2.15. The first-order chi connectivity index (χ1) is 13.7. The highest BCUT2D eigenvalue weighted by Crippen LogP contribution is 2.37. The Morgan fingerprint density at radius 3 is 2.76 bits per heavy atom. The Morgan fingerprint density at radius 1 is 1.34 bits per heavy atom. The molecule has 2 heterocycles. The van der Waals surface area contributed by atoms with Crippen LogP contribution >= 0.6 is 0 Å². The van der Waals surface area contributed by atoms with E-state index >= 15 is 0 Å². The molecule has 2 aliphatic heterocycles. The molecule has 0 spiro atoms. The van der Waals surface area contributed by atoms with Gasteiger partial charge in [-0.2, -0.15) is 0 Å². The Kier molecular flexibility index (Phi) is 5.83. The van der Waals surface area contributed by atoms with Crippen molar-refractivity contribution in [3.05, 3.63) is 52.6 Å². The summed E-state index contributed by atoms with van der Waals surface area (Å²) >= 11 is 0. The van der Waals surface area contributed by atoms with Gasteiger partial charge in [-0.05, 0) is 43.7 Å². The number of rotatable bonds is 6. The zero-order valence-electron chi connectivity index (χ0n) is 16.5. The lowest BCUT2D eigenvalue weighted by molar-refractivity contribution is -0.121. The zero-order chi connectivity index (χ0) is 21.3. The zero-order valence-corrected chi connectivity index (χ0v) is 16.5. The van der Waals surface area contributed by atoms with Gasteiger partial charge in [-0.25, -0.2) is 4.39 Å². The van der Waals surface area contributed by atoms with Gasteiger partial charge in [0.25, 0.3) is 0 Å². The van der Waals surface area contributed by atoms with E-state index in [9.17, 15) is 23.9 Å². The molecule has 3 rings (SSSR count). The standard InChI is InChI=1S/C21H24FN3O4/c1-10(26)6-14(27)9-23-21(29)19-11(2)18(24-12(19)3)8-16-15-7-13(22)4-5-17(15)25-20(16)28/h4-5,7-8,11,14,16,24,27H,6,9H2,1-3H3,(H,23,29)(H,25,28)/b18-8-. The number of Topliss-reactive ketones (excluding diaryl/α,β-unsaturated/α-hetero) is 1. The number of fused-ring (bicyclic) bond motifs is 1. The maximum Gasteiger partial charge on any atom is 0.249 e. The SMILES string of the molecule is CC(=O)CC(O)CNC(=O)C1=C(C)N/C(=C\C2C(=O)Nc3ccc(F)cc32)C1C. The smallest absolute Gasteiger partial charge is 0.249 e. The summed E-state index contributed by atoms with van der Waals surface area (Å²) in [6.07, 6.45) is 0.745. The van der Waals surface area contributed by atoms with E-state index < -0.39 is 17.8 Å². The fourth-order valence-corrected chi connectivity index (χ4v) is 3.74. The van der Waals surface area contributed by atoms with Gasteiger partial charge in [-0.1, -0.05) is 6.92 Å². The van der Waals surface area contributed by atoms with Crippen molar-refractivity contribution >= 4 is 23.3 Å². The van der Waals surface area contributed by atoms with Gasteiger partial charge in [0.05, 0.1) is 12.0 Å². The maximum absolute atomic E-state index is 13.6. The van der Waals surface area contributed by atoms with E-state index in [2.05, 4.69) is 16.0 Å². The van der Waals surface area contributed by atoms with Gasteiger partial charge in [-0.3, -0.25) is 14.4 Å². The Balaban J connectivity index is 1.74. The number of aliphatic hydroxyl groups excluding tert-OH is 1. The van der Waals surface area contributed by atoms with Crippen LogP contribution in [0.1, 0.15) is 38.7 Å². The number of hydrogen-bond acceptors (Lipinski definition) is 5. The first-order valence-electron chi connectivity index (χ1n) is 9.43. The quantitative estimate of drug-likeness (QED) is 0.581. The first kappa shape index (κ1) is 20.7. The highest BCUT2D eigenvalue weighted by Gasteiger charge is 2.34. The summed E-state index contributed by atoms with van der Waals surface area (Å²) in [4.78, 5) is 36.0. The molecule has 0 aliphatic carbocycles. The van der Waals surface area contributed by atoms with Crippen LogP contribution in [0.3, 0.4) is 0 Å². The van der Waals surface area contributed by atoms with Crippen molar-refractivity contribution in [2.75, 3.05) is 11.9 Å².